The van der Waals surface area contributed by atoms with E-state index in [4.69, 9.17) is 14.2 Å². The second-order valence-electron chi connectivity index (χ2n) is 18.3. The van der Waals surface area contributed by atoms with Crippen LogP contribution in [0, 0.1) is 0 Å². The lowest BCUT2D eigenvalue weighted by atomic mass is 10.0. The molecule has 68 heavy (non-hydrogen) atoms. The second kappa shape index (κ2) is 55.7. The number of hydrogen-bond acceptors (Lipinski definition) is 6. The van der Waals surface area contributed by atoms with E-state index >= 15 is 0 Å². The van der Waals surface area contributed by atoms with Crippen LogP contribution in [0.4, 0.5) is 0 Å². The first-order chi connectivity index (χ1) is 33.5. The Bertz CT molecular complexity index is 1410. The van der Waals surface area contributed by atoms with Crippen molar-refractivity contribution in [3.8, 4) is 0 Å². The average Bonchev–Trinajstić information content (AvgIpc) is 3.34. The molecule has 0 aliphatic rings. The highest BCUT2D eigenvalue weighted by molar-refractivity contribution is 5.71. The Morgan fingerprint density at radius 2 is 0.647 bits per heavy atom. The van der Waals surface area contributed by atoms with Gasteiger partial charge in [-0.2, -0.15) is 0 Å². The van der Waals surface area contributed by atoms with Crippen LogP contribution in [0.5, 0.6) is 0 Å². The van der Waals surface area contributed by atoms with Gasteiger partial charge in [-0.1, -0.05) is 265 Å². The number of carbonyl (C=O) groups excluding carboxylic acids is 3. The summed E-state index contributed by atoms with van der Waals surface area (Å²) >= 11 is 0. The maximum atomic E-state index is 12.8. The Kier molecular flexibility index (Phi) is 52.4. The quantitative estimate of drug-likeness (QED) is 0.0199. The zero-order valence-corrected chi connectivity index (χ0v) is 44.1. The molecule has 0 spiro atoms. The van der Waals surface area contributed by atoms with Gasteiger partial charge in [0.1, 0.15) is 13.2 Å². The smallest absolute Gasteiger partial charge is 0.306 e. The predicted molar refractivity (Wildman–Crippen MR) is 293 cm³/mol. The summed E-state index contributed by atoms with van der Waals surface area (Å²) in [4.78, 5) is 38.1. The van der Waals surface area contributed by atoms with Gasteiger partial charge in [-0.3, -0.25) is 14.4 Å². The Labute approximate surface area is 419 Å². The van der Waals surface area contributed by atoms with Crippen molar-refractivity contribution >= 4 is 17.9 Å². The number of unbranched alkanes of at least 4 members (excludes halogenated alkanes) is 25. The van der Waals surface area contributed by atoms with E-state index in [9.17, 15) is 14.4 Å². The van der Waals surface area contributed by atoms with Crippen molar-refractivity contribution in [1.82, 2.24) is 0 Å². The number of allylic oxidation sites excluding steroid dienone is 18. The highest BCUT2D eigenvalue weighted by Gasteiger charge is 2.19. The molecule has 0 bridgehead atoms. The summed E-state index contributed by atoms with van der Waals surface area (Å²) in [5.74, 6) is -1.01. The first kappa shape index (κ1) is 64.1. The number of esters is 3. The molecule has 0 aliphatic carbocycles. The standard InChI is InChI=1S/C62H102O6/c1-4-7-10-13-16-19-22-25-28-31-34-37-40-43-46-49-52-55-61(64)67-58-59(57-66-60(63)54-51-48-45-42-39-36-33-30-27-24-21-18-15-12-9-6-3)68-62(65)56-53-50-47-44-41-38-35-32-29-26-23-20-17-14-11-8-5-2/h7,10,13,16,19,22,25-26,28-29,31,34-35,37-38,40,44,47,59H,4-6,8-9,11-12,14-15,17-18,20-21,23-24,27,30,32-33,36,39,41-43,45-46,48-58H2,1-3H3/b10-7-,16-13-,22-19-,28-25-,29-26-,34-31+,38-35-,40-37-,47-44-. The fourth-order valence-electron chi connectivity index (χ4n) is 7.49. The first-order valence-corrected chi connectivity index (χ1v) is 28.0. The van der Waals surface area contributed by atoms with E-state index in [-0.39, 0.29) is 37.5 Å². The van der Waals surface area contributed by atoms with Gasteiger partial charge in [0.05, 0.1) is 0 Å². The van der Waals surface area contributed by atoms with Crippen LogP contribution in [0.3, 0.4) is 0 Å². The molecule has 0 saturated carbocycles. The van der Waals surface area contributed by atoms with Gasteiger partial charge in [0.15, 0.2) is 6.10 Å². The molecule has 0 radical (unpaired) electrons. The molecule has 1 unspecified atom stereocenters. The SMILES string of the molecule is CC\C=C/C=C\C=C/C=C\C=C\C=C/CCCCCC(=O)OCC(COC(=O)CCCCCCCCCCCCCCCCCC)OC(=O)CCC/C=C\C/C=C\C/C=C\CCCCCCCC. The fraction of sp³-hybridized carbons (Fsp3) is 0.661. The molecule has 0 aromatic carbocycles. The minimum atomic E-state index is -0.824. The number of carbonyl (C=O) groups is 3. The van der Waals surface area contributed by atoms with Crippen molar-refractivity contribution in [2.45, 2.75) is 252 Å². The predicted octanol–water partition coefficient (Wildman–Crippen LogP) is 18.7. The summed E-state index contributed by atoms with van der Waals surface area (Å²) in [5.41, 5.74) is 0. The molecule has 0 aliphatic heterocycles. The van der Waals surface area contributed by atoms with Crippen LogP contribution in [0.15, 0.2) is 109 Å². The maximum absolute atomic E-state index is 12.8. The highest BCUT2D eigenvalue weighted by atomic mass is 16.6. The van der Waals surface area contributed by atoms with Crippen LogP contribution in [0.1, 0.15) is 245 Å². The minimum Gasteiger partial charge on any atom is -0.462 e. The summed E-state index contributed by atoms with van der Waals surface area (Å²) in [5, 5.41) is 0. The van der Waals surface area contributed by atoms with E-state index in [1.165, 1.54) is 128 Å². The van der Waals surface area contributed by atoms with Gasteiger partial charge in [0.2, 0.25) is 0 Å². The lowest BCUT2D eigenvalue weighted by Gasteiger charge is -2.18. The summed E-state index contributed by atoms with van der Waals surface area (Å²) in [6.07, 6.45) is 75.1. The Morgan fingerprint density at radius 3 is 1.09 bits per heavy atom. The molecular formula is C62H102O6. The Balaban J connectivity index is 4.55. The summed E-state index contributed by atoms with van der Waals surface area (Å²) in [6, 6.07) is 0. The first-order valence-electron chi connectivity index (χ1n) is 28.0. The number of hydrogen-bond donors (Lipinski definition) is 0. The van der Waals surface area contributed by atoms with Crippen LogP contribution >= 0.6 is 0 Å². The van der Waals surface area contributed by atoms with Gasteiger partial charge >= 0.3 is 17.9 Å². The molecule has 0 rings (SSSR count). The highest BCUT2D eigenvalue weighted by Crippen LogP contribution is 2.15. The van der Waals surface area contributed by atoms with Crippen molar-refractivity contribution in [2.75, 3.05) is 13.2 Å². The van der Waals surface area contributed by atoms with E-state index in [0.717, 1.165) is 70.6 Å². The maximum Gasteiger partial charge on any atom is 0.306 e. The lowest BCUT2D eigenvalue weighted by molar-refractivity contribution is -0.167. The average molecular weight is 943 g/mol. The van der Waals surface area contributed by atoms with E-state index in [0.29, 0.717) is 19.3 Å². The molecule has 0 N–H and O–H groups in total. The van der Waals surface area contributed by atoms with Gasteiger partial charge in [0.25, 0.3) is 0 Å². The normalized spacial score (nSPS) is 12.9. The van der Waals surface area contributed by atoms with Crippen LogP contribution in [-0.4, -0.2) is 37.2 Å². The van der Waals surface area contributed by atoms with Gasteiger partial charge < -0.3 is 14.2 Å². The zero-order valence-electron chi connectivity index (χ0n) is 44.1. The van der Waals surface area contributed by atoms with Crippen LogP contribution < -0.4 is 0 Å². The molecule has 6 nitrogen and oxygen atoms in total. The summed E-state index contributed by atoms with van der Waals surface area (Å²) in [7, 11) is 0. The number of ether oxygens (including phenoxy) is 3. The summed E-state index contributed by atoms with van der Waals surface area (Å²) in [6.45, 7) is 6.41. The fourth-order valence-corrected chi connectivity index (χ4v) is 7.49. The monoisotopic (exact) mass is 943 g/mol. The molecule has 0 amide bonds. The molecular weight excluding hydrogens is 841 g/mol. The van der Waals surface area contributed by atoms with Gasteiger partial charge in [-0.05, 0) is 70.6 Å². The molecule has 1 atom stereocenters. The Hall–Kier alpha value is -3.93. The van der Waals surface area contributed by atoms with E-state index in [2.05, 4.69) is 69.4 Å². The second-order valence-corrected chi connectivity index (χ2v) is 18.3. The van der Waals surface area contributed by atoms with Crippen molar-refractivity contribution in [2.24, 2.45) is 0 Å². The van der Waals surface area contributed by atoms with Gasteiger partial charge in [-0.15, -0.1) is 0 Å². The summed E-state index contributed by atoms with van der Waals surface area (Å²) < 4.78 is 16.8. The minimum absolute atomic E-state index is 0.112. The van der Waals surface area contributed by atoms with Crippen molar-refractivity contribution in [3.05, 3.63) is 109 Å². The van der Waals surface area contributed by atoms with E-state index in [1.807, 2.05) is 60.8 Å². The molecule has 0 fully saturated rings. The van der Waals surface area contributed by atoms with E-state index < -0.39 is 6.10 Å². The molecule has 6 heteroatoms. The van der Waals surface area contributed by atoms with Crippen LogP contribution in [0.25, 0.3) is 0 Å². The van der Waals surface area contributed by atoms with Crippen molar-refractivity contribution in [1.29, 1.82) is 0 Å². The van der Waals surface area contributed by atoms with Gasteiger partial charge in [-0.25, -0.2) is 0 Å². The van der Waals surface area contributed by atoms with Crippen molar-refractivity contribution < 1.29 is 28.6 Å². The third-order valence-corrected chi connectivity index (χ3v) is 11.7. The van der Waals surface area contributed by atoms with Gasteiger partial charge in [0, 0.05) is 19.3 Å². The zero-order chi connectivity index (χ0) is 49.3. The molecule has 0 heterocycles. The third kappa shape index (κ3) is 53.0. The van der Waals surface area contributed by atoms with Crippen LogP contribution in [-0.2, 0) is 28.6 Å². The largest absolute Gasteiger partial charge is 0.462 e. The molecule has 0 aromatic rings. The molecule has 0 aromatic heterocycles. The van der Waals surface area contributed by atoms with E-state index in [1.54, 1.807) is 0 Å². The molecule has 0 saturated heterocycles. The Morgan fingerprint density at radius 1 is 0.324 bits per heavy atom. The topological polar surface area (TPSA) is 78.9 Å². The third-order valence-electron chi connectivity index (χ3n) is 11.7. The van der Waals surface area contributed by atoms with Crippen LogP contribution in [0.2, 0.25) is 0 Å². The number of rotatable bonds is 49. The molecule has 386 valence electrons. The van der Waals surface area contributed by atoms with Crippen molar-refractivity contribution in [3.63, 3.8) is 0 Å². The lowest BCUT2D eigenvalue weighted by Crippen LogP contribution is -2.30.